The largest absolute Gasteiger partial charge is 0.330 e. The monoisotopic (exact) mass is 199 g/mol. The van der Waals surface area contributed by atoms with Gasteiger partial charge in [0.1, 0.15) is 0 Å². The fraction of sp³-hybridized carbons (Fsp3) is 1.00. The Labute approximate surface area is 88.2 Å². The Morgan fingerprint density at radius 1 is 1.43 bits per heavy atom. The molecule has 0 amide bonds. The van der Waals surface area contributed by atoms with Crippen LogP contribution >= 0.6 is 0 Å². The number of likely N-dealkylation sites (N-methyl/N-ethyl adjacent to an activating group) is 1. The maximum Gasteiger partial charge on any atom is 0.0195 e. The molecule has 0 bridgehead atoms. The van der Waals surface area contributed by atoms with E-state index in [1.807, 2.05) is 0 Å². The first-order valence-electron chi connectivity index (χ1n) is 5.76. The van der Waals surface area contributed by atoms with Gasteiger partial charge in [0.2, 0.25) is 0 Å². The average Bonchev–Trinajstić information content (AvgIpc) is 2.16. The number of nitrogens with two attached hydrogens (primary N) is 1. The van der Waals surface area contributed by atoms with Crippen LogP contribution in [0.3, 0.4) is 0 Å². The lowest BCUT2D eigenvalue weighted by Gasteiger charge is -2.38. The minimum Gasteiger partial charge on any atom is -0.330 e. The zero-order valence-corrected chi connectivity index (χ0v) is 9.87. The molecule has 84 valence electrons. The van der Waals surface area contributed by atoms with Crippen molar-refractivity contribution in [1.29, 1.82) is 0 Å². The number of hydrogen-bond donors (Lipinski definition) is 1. The highest BCUT2D eigenvalue weighted by atomic mass is 15.3. The molecule has 1 fully saturated rings. The minimum absolute atomic E-state index is 0.668. The molecule has 0 spiro atoms. The van der Waals surface area contributed by atoms with Gasteiger partial charge in [0.05, 0.1) is 0 Å². The normalized spacial score (nSPS) is 27.9. The molecular formula is C11H25N3. The first-order valence-corrected chi connectivity index (χ1v) is 5.76. The van der Waals surface area contributed by atoms with Crippen LogP contribution in [0.2, 0.25) is 0 Å². The summed E-state index contributed by atoms with van der Waals surface area (Å²) >= 11 is 0. The standard InChI is InChI=1S/C11H25N3/c1-10(8-12)4-5-14-7-6-13(3)9-11(14)2/h10-11H,4-9,12H2,1-3H3. The van der Waals surface area contributed by atoms with Gasteiger partial charge >= 0.3 is 0 Å². The first-order chi connectivity index (χ1) is 6.63. The van der Waals surface area contributed by atoms with Gasteiger partial charge in [0.25, 0.3) is 0 Å². The van der Waals surface area contributed by atoms with E-state index in [4.69, 9.17) is 5.73 Å². The predicted molar refractivity (Wildman–Crippen MR) is 61.4 cm³/mol. The molecule has 2 unspecified atom stereocenters. The molecule has 1 heterocycles. The number of rotatable bonds is 4. The Kier molecular flexibility index (Phi) is 4.85. The Balaban J connectivity index is 2.24. The lowest BCUT2D eigenvalue weighted by molar-refractivity contribution is 0.0954. The summed E-state index contributed by atoms with van der Waals surface area (Å²) < 4.78 is 0. The Morgan fingerprint density at radius 3 is 2.71 bits per heavy atom. The van der Waals surface area contributed by atoms with E-state index < -0.39 is 0 Å². The number of hydrogen-bond acceptors (Lipinski definition) is 3. The Bertz CT molecular complexity index is 161. The van der Waals surface area contributed by atoms with Gasteiger partial charge in [-0.1, -0.05) is 6.92 Å². The summed E-state index contributed by atoms with van der Waals surface area (Å²) in [7, 11) is 2.20. The van der Waals surface area contributed by atoms with E-state index in [0.717, 1.165) is 6.54 Å². The number of piperazine rings is 1. The van der Waals surface area contributed by atoms with Gasteiger partial charge in [-0.15, -0.1) is 0 Å². The Morgan fingerprint density at radius 2 is 2.14 bits per heavy atom. The van der Waals surface area contributed by atoms with Crippen LogP contribution in [-0.4, -0.2) is 55.6 Å². The lowest BCUT2D eigenvalue weighted by Crippen LogP contribution is -2.50. The van der Waals surface area contributed by atoms with Crippen molar-refractivity contribution in [3.8, 4) is 0 Å². The van der Waals surface area contributed by atoms with Crippen LogP contribution in [0.4, 0.5) is 0 Å². The summed E-state index contributed by atoms with van der Waals surface area (Å²) in [6.07, 6.45) is 1.24. The Hall–Kier alpha value is -0.120. The summed E-state index contributed by atoms with van der Waals surface area (Å²) in [5.74, 6) is 0.668. The second-order valence-electron chi connectivity index (χ2n) is 4.78. The van der Waals surface area contributed by atoms with Crippen molar-refractivity contribution >= 4 is 0 Å². The van der Waals surface area contributed by atoms with Crippen molar-refractivity contribution in [2.24, 2.45) is 11.7 Å². The minimum atomic E-state index is 0.668. The fourth-order valence-electron chi connectivity index (χ4n) is 2.01. The van der Waals surface area contributed by atoms with E-state index in [-0.39, 0.29) is 0 Å². The van der Waals surface area contributed by atoms with Gasteiger partial charge in [-0.2, -0.15) is 0 Å². The van der Waals surface area contributed by atoms with Crippen molar-refractivity contribution in [1.82, 2.24) is 9.80 Å². The van der Waals surface area contributed by atoms with Crippen LogP contribution in [0.15, 0.2) is 0 Å². The lowest BCUT2D eigenvalue weighted by atomic mass is 10.1. The van der Waals surface area contributed by atoms with Crippen LogP contribution in [0.5, 0.6) is 0 Å². The van der Waals surface area contributed by atoms with E-state index in [1.165, 1.54) is 32.6 Å². The zero-order valence-electron chi connectivity index (χ0n) is 9.87. The third-order valence-corrected chi connectivity index (χ3v) is 3.28. The van der Waals surface area contributed by atoms with Crippen molar-refractivity contribution in [2.45, 2.75) is 26.3 Å². The van der Waals surface area contributed by atoms with E-state index in [1.54, 1.807) is 0 Å². The van der Waals surface area contributed by atoms with Gasteiger partial charge in [0.15, 0.2) is 0 Å². The highest BCUT2D eigenvalue weighted by molar-refractivity contribution is 4.77. The van der Waals surface area contributed by atoms with Crippen molar-refractivity contribution < 1.29 is 0 Å². The molecule has 0 radical (unpaired) electrons. The molecule has 3 nitrogen and oxygen atoms in total. The molecule has 14 heavy (non-hydrogen) atoms. The average molecular weight is 199 g/mol. The smallest absolute Gasteiger partial charge is 0.0195 e. The highest BCUT2D eigenvalue weighted by Crippen LogP contribution is 2.10. The number of nitrogens with zero attached hydrogens (tertiary/aromatic N) is 2. The van der Waals surface area contributed by atoms with Gasteiger partial charge in [-0.05, 0) is 39.4 Å². The molecule has 0 aromatic rings. The molecule has 1 rings (SSSR count). The molecule has 0 saturated carbocycles. The van der Waals surface area contributed by atoms with Crippen molar-refractivity contribution in [3.63, 3.8) is 0 Å². The summed E-state index contributed by atoms with van der Waals surface area (Å²) in [5, 5.41) is 0. The molecule has 0 aliphatic carbocycles. The van der Waals surface area contributed by atoms with E-state index in [2.05, 4.69) is 30.7 Å². The second kappa shape index (κ2) is 5.69. The summed E-state index contributed by atoms with van der Waals surface area (Å²) in [4.78, 5) is 5.00. The second-order valence-corrected chi connectivity index (χ2v) is 4.78. The van der Waals surface area contributed by atoms with Crippen molar-refractivity contribution in [3.05, 3.63) is 0 Å². The molecule has 2 N–H and O–H groups in total. The highest BCUT2D eigenvalue weighted by Gasteiger charge is 2.20. The van der Waals surface area contributed by atoms with Crippen molar-refractivity contribution in [2.75, 3.05) is 39.8 Å². The molecular weight excluding hydrogens is 174 g/mol. The van der Waals surface area contributed by atoms with Crippen LogP contribution in [-0.2, 0) is 0 Å². The summed E-state index contributed by atoms with van der Waals surface area (Å²) in [6, 6.07) is 0.707. The predicted octanol–water partition coefficient (Wildman–Crippen LogP) is 0.607. The maximum atomic E-state index is 5.62. The fourth-order valence-corrected chi connectivity index (χ4v) is 2.01. The molecule has 0 aromatic carbocycles. The van der Waals surface area contributed by atoms with Crippen LogP contribution < -0.4 is 5.73 Å². The summed E-state index contributed by atoms with van der Waals surface area (Å²) in [5.41, 5.74) is 5.62. The van der Waals surface area contributed by atoms with Gasteiger partial charge in [-0.3, -0.25) is 4.90 Å². The molecule has 1 aliphatic heterocycles. The molecule has 0 aromatic heterocycles. The summed E-state index contributed by atoms with van der Waals surface area (Å²) in [6.45, 7) is 10.2. The SMILES string of the molecule is CC(CN)CCN1CCN(C)CC1C. The topological polar surface area (TPSA) is 32.5 Å². The van der Waals surface area contributed by atoms with Gasteiger partial charge < -0.3 is 10.6 Å². The van der Waals surface area contributed by atoms with Crippen LogP contribution in [0.25, 0.3) is 0 Å². The third kappa shape index (κ3) is 3.56. The molecule has 2 atom stereocenters. The molecule has 3 heteroatoms. The van der Waals surface area contributed by atoms with Gasteiger partial charge in [-0.25, -0.2) is 0 Å². The van der Waals surface area contributed by atoms with E-state index in [9.17, 15) is 0 Å². The van der Waals surface area contributed by atoms with Crippen LogP contribution in [0, 0.1) is 5.92 Å². The first kappa shape index (κ1) is 12.0. The van der Waals surface area contributed by atoms with Gasteiger partial charge in [0, 0.05) is 25.7 Å². The zero-order chi connectivity index (χ0) is 10.6. The molecule has 1 aliphatic rings. The quantitative estimate of drug-likeness (QED) is 0.720. The maximum absolute atomic E-state index is 5.62. The molecule has 1 saturated heterocycles. The third-order valence-electron chi connectivity index (χ3n) is 3.28. The van der Waals surface area contributed by atoms with E-state index in [0.29, 0.717) is 12.0 Å². The van der Waals surface area contributed by atoms with Crippen LogP contribution in [0.1, 0.15) is 20.3 Å². The van der Waals surface area contributed by atoms with E-state index >= 15 is 0 Å².